The molecule has 0 aromatic heterocycles. The van der Waals surface area contributed by atoms with Gasteiger partial charge in [0.25, 0.3) is 0 Å². The van der Waals surface area contributed by atoms with Gasteiger partial charge in [-0.15, -0.1) is 31.7 Å². The monoisotopic (exact) mass is 551 g/mol. The van der Waals surface area contributed by atoms with Gasteiger partial charge in [-0.2, -0.15) is 0 Å². The summed E-state index contributed by atoms with van der Waals surface area (Å²) in [7, 11) is 11.4. The molecule has 0 aliphatic heterocycles. The second-order valence-corrected chi connectivity index (χ2v) is 20.3. The second kappa shape index (κ2) is 21.0. The van der Waals surface area contributed by atoms with Gasteiger partial charge in [0.1, 0.15) is 0 Å². The van der Waals surface area contributed by atoms with E-state index in [0.717, 1.165) is 0 Å². The second-order valence-electron chi connectivity index (χ2n) is 5.28. The molecule has 0 N–H and O–H groups in total. The van der Waals surface area contributed by atoms with E-state index in [1.165, 1.54) is 24.6 Å². The van der Waals surface area contributed by atoms with Crippen LogP contribution in [0.2, 0.25) is 0 Å². The van der Waals surface area contributed by atoms with Crippen LogP contribution in [0.25, 0.3) is 0 Å². The third kappa shape index (κ3) is 44.9. The van der Waals surface area contributed by atoms with Crippen molar-refractivity contribution in [2.45, 2.75) is 0 Å². The van der Waals surface area contributed by atoms with Gasteiger partial charge in [-0.05, 0) is 78.0 Å². The first-order chi connectivity index (χ1) is 8.67. The SMILES string of the molecule is CP(C)CCP(C)C.CP(C)CCP(C)C.[Cl][Ta][Cl]. The Hall–Kier alpha value is 3.04. The molecule has 7 heteroatoms. The van der Waals surface area contributed by atoms with Gasteiger partial charge in [-0.1, -0.05) is 0 Å². The van der Waals surface area contributed by atoms with Crippen molar-refractivity contribution in [2.75, 3.05) is 78.0 Å². The molecule has 19 heavy (non-hydrogen) atoms. The van der Waals surface area contributed by atoms with Crippen LogP contribution in [0.5, 0.6) is 0 Å². The molecule has 0 bridgehead atoms. The van der Waals surface area contributed by atoms with Gasteiger partial charge in [0, 0.05) is 0 Å². The third-order valence-electron chi connectivity index (χ3n) is 1.99. The first-order valence-corrected chi connectivity index (χ1v) is 23.8. The van der Waals surface area contributed by atoms with E-state index >= 15 is 0 Å². The van der Waals surface area contributed by atoms with Gasteiger partial charge in [-0.3, -0.25) is 0 Å². The van der Waals surface area contributed by atoms with Gasteiger partial charge in [0.05, 0.1) is 0 Å². The van der Waals surface area contributed by atoms with Crippen LogP contribution in [0.1, 0.15) is 0 Å². The van der Waals surface area contributed by atoms with Crippen LogP contribution in [-0.4, -0.2) is 78.0 Å². The van der Waals surface area contributed by atoms with Crippen molar-refractivity contribution in [3.05, 3.63) is 0 Å². The fourth-order valence-corrected chi connectivity index (χ4v) is 7.20. The van der Waals surface area contributed by atoms with Crippen LogP contribution in [0, 0.1) is 0 Å². The summed E-state index contributed by atoms with van der Waals surface area (Å²) in [4.78, 5) is 0. The Morgan fingerprint density at radius 3 is 0.684 bits per heavy atom. The minimum absolute atomic E-state index is 0.383. The average molecular weight is 552 g/mol. The quantitative estimate of drug-likeness (QED) is 0.339. The van der Waals surface area contributed by atoms with Crippen LogP contribution in [-0.2, 0) is 17.6 Å². The Balaban J connectivity index is -0.000000224. The summed E-state index contributed by atoms with van der Waals surface area (Å²) in [6.45, 7) is 18.8. The molecule has 119 valence electrons. The Morgan fingerprint density at radius 1 is 0.526 bits per heavy atom. The standard InChI is InChI=1S/2C6H16P2.2ClH.Ta/c2*1-7(2)5-6-8(3)4;;;/h2*5-6H2,1-4H3;2*1H;/q;;;;+2/p-2. The Bertz CT molecular complexity index is 127. The summed E-state index contributed by atoms with van der Waals surface area (Å²) in [5.41, 5.74) is 0. The summed E-state index contributed by atoms with van der Waals surface area (Å²) in [5, 5.41) is 0. The zero-order chi connectivity index (χ0) is 15.8. The van der Waals surface area contributed by atoms with Crippen molar-refractivity contribution < 1.29 is 17.6 Å². The van der Waals surface area contributed by atoms with E-state index in [9.17, 15) is 0 Å². The van der Waals surface area contributed by atoms with Crippen molar-refractivity contribution in [1.29, 1.82) is 0 Å². The third-order valence-corrected chi connectivity index (χ3v) is 7.17. The van der Waals surface area contributed by atoms with Crippen molar-refractivity contribution in [3.63, 3.8) is 0 Å². The summed E-state index contributed by atoms with van der Waals surface area (Å²) in [6, 6.07) is 0. The molecular weight excluding hydrogens is 520 g/mol. The van der Waals surface area contributed by atoms with Crippen LogP contribution < -0.4 is 0 Å². The van der Waals surface area contributed by atoms with E-state index in [2.05, 4.69) is 53.3 Å². The number of halogens is 2. The normalized spacial score (nSPS) is 10.2. The molecule has 0 aliphatic carbocycles. The molecule has 0 nitrogen and oxygen atoms in total. The summed E-state index contributed by atoms with van der Waals surface area (Å²) in [6.07, 6.45) is 5.92. The molecular formula is C12H32Cl2P4Ta. The molecule has 0 radical (unpaired) electrons. The van der Waals surface area contributed by atoms with Gasteiger partial charge in [0.2, 0.25) is 0 Å². The Labute approximate surface area is 144 Å². The van der Waals surface area contributed by atoms with Crippen LogP contribution in [0.4, 0.5) is 0 Å². The molecule has 0 heterocycles. The average Bonchev–Trinajstić information content (AvgIpc) is 2.25. The van der Waals surface area contributed by atoms with E-state index in [1.807, 2.05) is 0 Å². The first-order valence-electron chi connectivity index (χ1n) is 6.18. The van der Waals surface area contributed by atoms with E-state index in [4.69, 9.17) is 18.4 Å². The van der Waals surface area contributed by atoms with Gasteiger partial charge < -0.3 is 0 Å². The molecule has 0 saturated carbocycles. The predicted octanol–water partition coefficient (Wildman–Crippen LogP) is 6.32. The molecule has 0 rings (SSSR count). The van der Waals surface area contributed by atoms with Crippen molar-refractivity contribution >= 4 is 50.1 Å². The minimum atomic E-state index is -0.889. The molecule has 0 aliphatic rings. The molecule has 0 amide bonds. The molecule has 0 atom stereocenters. The summed E-state index contributed by atoms with van der Waals surface area (Å²) >= 11 is -0.889. The molecule has 0 aromatic rings. The molecule has 0 saturated heterocycles. The fraction of sp³-hybridized carbons (Fsp3) is 1.00. The molecule has 0 spiro atoms. The van der Waals surface area contributed by atoms with Crippen molar-refractivity contribution in [3.8, 4) is 0 Å². The van der Waals surface area contributed by atoms with Crippen molar-refractivity contribution in [1.82, 2.24) is 0 Å². The van der Waals surface area contributed by atoms with Gasteiger partial charge >= 0.3 is 36.0 Å². The van der Waals surface area contributed by atoms with E-state index in [-0.39, 0.29) is 0 Å². The van der Waals surface area contributed by atoms with Crippen LogP contribution >= 0.6 is 50.1 Å². The fourth-order valence-electron chi connectivity index (χ4n) is 0.800. The molecule has 0 aromatic carbocycles. The maximum atomic E-state index is 4.94. The zero-order valence-corrected chi connectivity index (χ0v) is 22.1. The summed E-state index contributed by atoms with van der Waals surface area (Å²) < 4.78 is 0. The molecule has 0 unspecified atom stereocenters. The number of hydrogen-bond donors (Lipinski definition) is 0. The maximum absolute atomic E-state index is 4.94. The number of hydrogen-bond acceptors (Lipinski definition) is 0. The van der Waals surface area contributed by atoms with Crippen LogP contribution in [0.15, 0.2) is 0 Å². The Kier molecular flexibility index (Phi) is 29.8. The van der Waals surface area contributed by atoms with Crippen molar-refractivity contribution in [2.24, 2.45) is 0 Å². The molecule has 0 fully saturated rings. The van der Waals surface area contributed by atoms with Gasteiger partial charge in [0.15, 0.2) is 0 Å². The number of rotatable bonds is 6. The van der Waals surface area contributed by atoms with Gasteiger partial charge in [-0.25, -0.2) is 0 Å². The predicted molar refractivity (Wildman–Crippen MR) is 106 cm³/mol. The van der Waals surface area contributed by atoms with E-state index in [1.54, 1.807) is 0 Å². The first kappa shape index (κ1) is 26.9. The van der Waals surface area contributed by atoms with E-state index in [0.29, 0.717) is 31.7 Å². The summed E-state index contributed by atoms with van der Waals surface area (Å²) in [5.74, 6) is 0. The van der Waals surface area contributed by atoms with E-state index < -0.39 is 17.6 Å². The Morgan fingerprint density at radius 2 is 0.632 bits per heavy atom. The topological polar surface area (TPSA) is 0 Å². The van der Waals surface area contributed by atoms with Crippen LogP contribution in [0.3, 0.4) is 0 Å². The zero-order valence-electron chi connectivity index (χ0n) is 13.8.